The Bertz CT molecular complexity index is 599. The van der Waals surface area contributed by atoms with Crippen molar-refractivity contribution in [1.29, 1.82) is 0 Å². The van der Waals surface area contributed by atoms with E-state index in [9.17, 15) is 14.4 Å². The van der Waals surface area contributed by atoms with Gasteiger partial charge in [0.15, 0.2) is 0 Å². The van der Waals surface area contributed by atoms with E-state index in [1.807, 2.05) is 13.8 Å². The number of nitrogens with one attached hydrogen (secondary N) is 2. The Labute approximate surface area is 130 Å². The highest BCUT2D eigenvalue weighted by Crippen LogP contribution is 2.24. The van der Waals surface area contributed by atoms with Crippen molar-refractivity contribution in [3.8, 4) is 0 Å². The lowest BCUT2D eigenvalue weighted by Crippen LogP contribution is -2.40. The summed E-state index contributed by atoms with van der Waals surface area (Å²) in [5.74, 6) is -1.17. The van der Waals surface area contributed by atoms with Crippen LogP contribution < -0.4 is 16.2 Å². The number of hydrogen-bond donors (Lipinski definition) is 2. The van der Waals surface area contributed by atoms with Gasteiger partial charge in [-0.15, -0.1) is 0 Å². The van der Waals surface area contributed by atoms with E-state index in [4.69, 9.17) is 0 Å². The molecule has 1 aromatic rings. The number of aromatic nitrogens is 1. The van der Waals surface area contributed by atoms with Crippen LogP contribution >= 0.6 is 0 Å². The van der Waals surface area contributed by atoms with Gasteiger partial charge >= 0.3 is 11.8 Å². The minimum Gasteiger partial charge on any atom is -0.348 e. The third-order valence-corrected chi connectivity index (χ3v) is 3.84. The maximum Gasteiger partial charge on any atom is 0.313 e. The van der Waals surface area contributed by atoms with Crippen LogP contribution in [0.15, 0.2) is 23.1 Å². The Kier molecular flexibility index (Phi) is 5.91. The number of aryl methyl sites for hydroxylation is 1. The largest absolute Gasteiger partial charge is 0.348 e. The molecule has 0 unspecified atom stereocenters. The summed E-state index contributed by atoms with van der Waals surface area (Å²) in [6.45, 7) is 11.0. The predicted molar refractivity (Wildman–Crippen MR) is 86.6 cm³/mol. The highest BCUT2D eigenvalue weighted by molar-refractivity contribution is 6.39. The fraction of sp³-hybridized carbons (Fsp3) is 0.562. The molecule has 0 aliphatic carbocycles. The number of anilines is 1. The highest BCUT2D eigenvalue weighted by atomic mass is 16.2. The van der Waals surface area contributed by atoms with E-state index in [-0.39, 0.29) is 16.9 Å². The van der Waals surface area contributed by atoms with E-state index in [1.165, 1.54) is 22.9 Å². The molecule has 0 fully saturated rings. The molecule has 1 heterocycles. The lowest BCUT2D eigenvalue weighted by atomic mass is 9.82. The molecule has 6 nitrogen and oxygen atoms in total. The summed E-state index contributed by atoms with van der Waals surface area (Å²) in [6, 6.07) is 2.84. The molecule has 0 saturated carbocycles. The SMILES string of the molecule is CCn1cc(NC(=O)C(=O)NC[C@H](C)C(C)(C)C)ccc1=O. The Balaban J connectivity index is 2.62. The van der Waals surface area contributed by atoms with Gasteiger partial charge in [-0.2, -0.15) is 0 Å². The maximum atomic E-state index is 11.8. The molecule has 0 bridgehead atoms. The second-order valence-corrected chi connectivity index (χ2v) is 6.47. The van der Waals surface area contributed by atoms with Gasteiger partial charge in [0, 0.05) is 25.4 Å². The van der Waals surface area contributed by atoms with Crippen LogP contribution in [-0.2, 0) is 16.1 Å². The van der Waals surface area contributed by atoms with Crippen molar-refractivity contribution < 1.29 is 9.59 Å². The average Bonchev–Trinajstić information content (AvgIpc) is 2.45. The molecule has 122 valence electrons. The molecule has 6 heteroatoms. The molecule has 0 radical (unpaired) electrons. The van der Waals surface area contributed by atoms with Crippen LogP contribution in [0.5, 0.6) is 0 Å². The molecule has 2 N–H and O–H groups in total. The van der Waals surface area contributed by atoms with Crippen molar-refractivity contribution in [1.82, 2.24) is 9.88 Å². The van der Waals surface area contributed by atoms with E-state index in [0.29, 0.717) is 18.8 Å². The summed E-state index contributed by atoms with van der Waals surface area (Å²) in [4.78, 5) is 35.1. The van der Waals surface area contributed by atoms with Crippen LogP contribution in [0.2, 0.25) is 0 Å². The fourth-order valence-corrected chi connectivity index (χ4v) is 1.67. The molecule has 0 spiro atoms. The minimum atomic E-state index is -0.734. The summed E-state index contributed by atoms with van der Waals surface area (Å²) in [6.07, 6.45) is 1.52. The van der Waals surface area contributed by atoms with E-state index in [1.54, 1.807) is 0 Å². The number of carbonyl (C=O) groups is 2. The lowest BCUT2D eigenvalue weighted by Gasteiger charge is -2.27. The molecule has 22 heavy (non-hydrogen) atoms. The van der Waals surface area contributed by atoms with Gasteiger partial charge in [0.1, 0.15) is 0 Å². The Hall–Kier alpha value is -2.11. The molecule has 2 amide bonds. The number of amides is 2. The zero-order chi connectivity index (χ0) is 16.9. The van der Waals surface area contributed by atoms with Crippen LogP contribution in [0, 0.1) is 11.3 Å². The van der Waals surface area contributed by atoms with Gasteiger partial charge in [0.25, 0.3) is 5.56 Å². The van der Waals surface area contributed by atoms with E-state index in [0.717, 1.165) is 0 Å². The summed E-state index contributed by atoms with van der Waals surface area (Å²) in [7, 11) is 0. The zero-order valence-corrected chi connectivity index (χ0v) is 13.9. The zero-order valence-electron chi connectivity index (χ0n) is 13.9. The first-order chi connectivity index (χ1) is 10.1. The first-order valence-corrected chi connectivity index (χ1v) is 7.44. The molecule has 0 aliphatic heterocycles. The number of rotatable bonds is 4. The normalized spacial score (nSPS) is 12.6. The third-order valence-electron chi connectivity index (χ3n) is 3.84. The van der Waals surface area contributed by atoms with Crippen LogP contribution in [0.1, 0.15) is 34.6 Å². The van der Waals surface area contributed by atoms with Crippen molar-refractivity contribution in [2.75, 3.05) is 11.9 Å². The second kappa shape index (κ2) is 7.24. The Morgan fingerprint density at radius 3 is 2.41 bits per heavy atom. The van der Waals surface area contributed by atoms with Crippen molar-refractivity contribution in [3.63, 3.8) is 0 Å². The van der Waals surface area contributed by atoms with E-state index >= 15 is 0 Å². The van der Waals surface area contributed by atoms with Gasteiger partial charge in [-0.05, 0) is 24.3 Å². The molecule has 0 aromatic carbocycles. The van der Waals surface area contributed by atoms with Crippen molar-refractivity contribution in [2.45, 2.75) is 41.2 Å². The molecule has 1 aromatic heterocycles. The van der Waals surface area contributed by atoms with Crippen LogP contribution in [0.3, 0.4) is 0 Å². The molecule has 1 rings (SSSR count). The van der Waals surface area contributed by atoms with Crippen LogP contribution in [0.4, 0.5) is 5.69 Å². The molecular weight excluding hydrogens is 282 g/mol. The van der Waals surface area contributed by atoms with Crippen molar-refractivity contribution in [2.24, 2.45) is 11.3 Å². The number of nitrogens with zero attached hydrogens (tertiary/aromatic N) is 1. The quantitative estimate of drug-likeness (QED) is 0.829. The number of hydrogen-bond acceptors (Lipinski definition) is 3. The fourth-order valence-electron chi connectivity index (χ4n) is 1.67. The first kappa shape index (κ1) is 17.9. The third kappa shape index (κ3) is 5.02. The van der Waals surface area contributed by atoms with Crippen molar-refractivity contribution in [3.05, 3.63) is 28.7 Å². The monoisotopic (exact) mass is 307 g/mol. The van der Waals surface area contributed by atoms with Gasteiger partial charge in [-0.25, -0.2) is 0 Å². The first-order valence-electron chi connectivity index (χ1n) is 7.44. The molecule has 1 atom stereocenters. The second-order valence-electron chi connectivity index (χ2n) is 6.47. The van der Waals surface area contributed by atoms with Gasteiger partial charge in [-0.1, -0.05) is 27.7 Å². The molecular formula is C16H25N3O3. The summed E-state index contributed by atoms with van der Waals surface area (Å²) in [5.41, 5.74) is 0.329. The number of carbonyl (C=O) groups excluding carboxylic acids is 2. The van der Waals surface area contributed by atoms with Gasteiger partial charge < -0.3 is 15.2 Å². The maximum absolute atomic E-state index is 11.8. The molecule has 0 aliphatic rings. The standard InChI is InChI=1S/C16H25N3O3/c1-6-19-10-12(7-8-13(19)20)18-15(22)14(21)17-9-11(2)16(3,4)5/h7-8,10-11H,6,9H2,1-5H3,(H,17,21)(H,18,22)/t11-/m0/s1. The van der Waals surface area contributed by atoms with E-state index in [2.05, 4.69) is 31.4 Å². The summed E-state index contributed by atoms with van der Waals surface area (Å²) >= 11 is 0. The van der Waals surface area contributed by atoms with Gasteiger partial charge in [0.05, 0.1) is 5.69 Å². The van der Waals surface area contributed by atoms with Gasteiger partial charge in [0.2, 0.25) is 0 Å². The topological polar surface area (TPSA) is 80.2 Å². The molecule has 0 saturated heterocycles. The average molecular weight is 307 g/mol. The highest BCUT2D eigenvalue weighted by Gasteiger charge is 2.22. The lowest BCUT2D eigenvalue weighted by molar-refractivity contribution is -0.136. The predicted octanol–water partition coefficient (Wildman–Crippen LogP) is 1.61. The summed E-state index contributed by atoms with van der Waals surface area (Å²) < 4.78 is 1.45. The van der Waals surface area contributed by atoms with Crippen LogP contribution in [0.25, 0.3) is 0 Å². The van der Waals surface area contributed by atoms with E-state index < -0.39 is 11.8 Å². The van der Waals surface area contributed by atoms with Crippen molar-refractivity contribution >= 4 is 17.5 Å². The van der Waals surface area contributed by atoms with Crippen LogP contribution in [-0.4, -0.2) is 22.9 Å². The Morgan fingerprint density at radius 1 is 1.23 bits per heavy atom. The number of pyridine rings is 1. The summed E-state index contributed by atoms with van der Waals surface area (Å²) in [5, 5.41) is 5.12. The smallest absolute Gasteiger partial charge is 0.313 e. The Morgan fingerprint density at radius 2 is 1.86 bits per heavy atom. The van der Waals surface area contributed by atoms with Gasteiger partial charge in [-0.3, -0.25) is 14.4 Å². The minimum absolute atomic E-state index is 0.0559.